The Hall–Kier alpha value is -0.870. The van der Waals surface area contributed by atoms with Gasteiger partial charge in [0.15, 0.2) is 0 Å². The number of fused-ring (bicyclic) bond motifs is 1. The highest BCUT2D eigenvalue weighted by atomic mass is 16.5. The molecule has 84 valence electrons. The summed E-state index contributed by atoms with van der Waals surface area (Å²) in [5.41, 5.74) is 8.06. The predicted molar refractivity (Wildman–Crippen MR) is 58.5 cm³/mol. The molecule has 2 heterocycles. The normalized spacial score (nSPS) is 18.9. The van der Waals surface area contributed by atoms with Crippen LogP contribution in [-0.2, 0) is 19.4 Å². The zero-order chi connectivity index (χ0) is 10.8. The Morgan fingerprint density at radius 3 is 3.13 bits per heavy atom. The smallest absolute Gasteiger partial charge is 0.141 e. The highest BCUT2D eigenvalue weighted by Crippen LogP contribution is 2.23. The van der Waals surface area contributed by atoms with Crippen molar-refractivity contribution in [2.24, 2.45) is 11.7 Å². The molecule has 4 nitrogen and oxygen atoms in total. The van der Waals surface area contributed by atoms with Gasteiger partial charge < -0.3 is 15.2 Å². The number of hydrogen-bond acceptors (Lipinski definition) is 4. The van der Waals surface area contributed by atoms with Crippen LogP contribution in [-0.4, -0.2) is 30.2 Å². The van der Waals surface area contributed by atoms with E-state index in [1.54, 1.807) is 0 Å². The van der Waals surface area contributed by atoms with E-state index < -0.39 is 0 Å². The van der Waals surface area contributed by atoms with Crippen LogP contribution in [0.4, 0.5) is 0 Å². The lowest BCUT2D eigenvalue weighted by atomic mass is 10.00. The summed E-state index contributed by atoms with van der Waals surface area (Å²) >= 11 is 0. The van der Waals surface area contributed by atoms with Gasteiger partial charge in [-0.2, -0.15) is 0 Å². The molecule has 0 bridgehead atoms. The van der Waals surface area contributed by atoms with Crippen LogP contribution in [0.2, 0.25) is 0 Å². The molecule has 1 atom stereocenters. The number of aromatic nitrogens is 1. The molecule has 0 spiro atoms. The Morgan fingerprint density at radius 2 is 2.40 bits per heavy atom. The zero-order valence-electron chi connectivity index (χ0n) is 9.49. The van der Waals surface area contributed by atoms with Gasteiger partial charge in [0.25, 0.3) is 0 Å². The second kappa shape index (κ2) is 4.33. The summed E-state index contributed by atoms with van der Waals surface area (Å²) < 4.78 is 5.41. The van der Waals surface area contributed by atoms with E-state index in [9.17, 15) is 0 Å². The van der Waals surface area contributed by atoms with E-state index in [0.717, 1.165) is 37.4 Å². The molecule has 0 radical (unpaired) electrons. The lowest BCUT2D eigenvalue weighted by Gasteiger charge is -2.21. The number of nitrogens with two attached hydrogens (primary N) is 1. The third-order valence-corrected chi connectivity index (χ3v) is 3.05. The Balaban J connectivity index is 2.15. The summed E-state index contributed by atoms with van der Waals surface area (Å²) in [5.74, 6) is 1.50. The van der Waals surface area contributed by atoms with E-state index in [0.29, 0.717) is 12.5 Å². The lowest BCUT2D eigenvalue weighted by Crippen LogP contribution is -2.27. The molecule has 0 fully saturated rings. The van der Waals surface area contributed by atoms with E-state index in [-0.39, 0.29) is 0 Å². The number of nitrogens with zero attached hydrogens (tertiary/aromatic N) is 2. The van der Waals surface area contributed by atoms with Gasteiger partial charge in [-0.05, 0) is 19.5 Å². The molecule has 2 rings (SSSR count). The maximum Gasteiger partial charge on any atom is 0.141 e. The fourth-order valence-corrected chi connectivity index (χ4v) is 1.96. The van der Waals surface area contributed by atoms with Crippen molar-refractivity contribution >= 4 is 0 Å². The van der Waals surface area contributed by atoms with Crippen LogP contribution in [0.5, 0.6) is 0 Å². The van der Waals surface area contributed by atoms with Crippen molar-refractivity contribution < 1.29 is 4.52 Å². The van der Waals surface area contributed by atoms with Gasteiger partial charge in [-0.25, -0.2) is 0 Å². The summed E-state index contributed by atoms with van der Waals surface area (Å²) in [6.45, 7) is 4.88. The van der Waals surface area contributed by atoms with Gasteiger partial charge in [-0.15, -0.1) is 0 Å². The second-order valence-corrected chi connectivity index (χ2v) is 4.56. The van der Waals surface area contributed by atoms with E-state index in [1.807, 2.05) is 0 Å². The lowest BCUT2D eigenvalue weighted by molar-refractivity contribution is 0.310. The van der Waals surface area contributed by atoms with Crippen molar-refractivity contribution in [2.75, 3.05) is 20.1 Å². The van der Waals surface area contributed by atoms with E-state index in [2.05, 4.69) is 24.0 Å². The first-order chi connectivity index (χ1) is 7.20. The molecular formula is C11H19N3O. The summed E-state index contributed by atoms with van der Waals surface area (Å²) in [6.07, 6.45) is 1.92. The summed E-state index contributed by atoms with van der Waals surface area (Å²) in [5, 5.41) is 4.14. The minimum Gasteiger partial charge on any atom is -0.361 e. The third-order valence-electron chi connectivity index (χ3n) is 3.05. The summed E-state index contributed by atoms with van der Waals surface area (Å²) in [4.78, 5) is 2.30. The van der Waals surface area contributed by atoms with Crippen molar-refractivity contribution in [3.05, 3.63) is 17.0 Å². The first kappa shape index (κ1) is 10.6. The van der Waals surface area contributed by atoms with Crippen molar-refractivity contribution in [1.82, 2.24) is 10.1 Å². The average molecular weight is 209 g/mol. The molecule has 1 aromatic heterocycles. The molecule has 4 heteroatoms. The van der Waals surface area contributed by atoms with Crippen LogP contribution in [0.15, 0.2) is 4.52 Å². The van der Waals surface area contributed by atoms with Crippen LogP contribution in [0.3, 0.4) is 0 Å². The first-order valence-corrected chi connectivity index (χ1v) is 5.55. The van der Waals surface area contributed by atoms with Crippen LogP contribution in [0.1, 0.15) is 23.9 Å². The Kier molecular flexibility index (Phi) is 3.07. The largest absolute Gasteiger partial charge is 0.361 e. The number of hydrogen-bond donors (Lipinski definition) is 1. The molecule has 1 aliphatic heterocycles. The molecule has 0 aliphatic carbocycles. The quantitative estimate of drug-likeness (QED) is 0.800. The van der Waals surface area contributed by atoms with Crippen molar-refractivity contribution in [3.63, 3.8) is 0 Å². The highest BCUT2D eigenvalue weighted by molar-refractivity contribution is 5.25. The van der Waals surface area contributed by atoms with Gasteiger partial charge in [-0.1, -0.05) is 12.1 Å². The van der Waals surface area contributed by atoms with Crippen LogP contribution in [0, 0.1) is 5.92 Å². The molecular weight excluding hydrogens is 190 g/mol. The average Bonchev–Trinajstić information content (AvgIpc) is 2.61. The number of rotatable bonds is 3. The van der Waals surface area contributed by atoms with Gasteiger partial charge in [0.1, 0.15) is 5.76 Å². The molecule has 0 saturated heterocycles. The monoisotopic (exact) mass is 209 g/mol. The van der Waals surface area contributed by atoms with Crippen molar-refractivity contribution in [3.8, 4) is 0 Å². The molecule has 15 heavy (non-hydrogen) atoms. The standard InChI is InChI=1S/C11H19N3O/c1-8(6-12)5-11-9-7-14(2)4-3-10(9)13-15-11/h8H,3-7,12H2,1-2H3. The predicted octanol–water partition coefficient (Wildman–Crippen LogP) is 0.800. The van der Waals surface area contributed by atoms with Crippen molar-refractivity contribution in [2.45, 2.75) is 26.3 Å². The van der Waals surface area contributed by atoms with E-state index in [1.165, 1.54) is 5.56 Å². The molecule has 2 N–H and O–H groups in total. The summed E-state index contributed by atoms with van der Waals surface area (Å²) in [6, 6.07) is 0. The number of likely N-dealkylation sites (N-methyl/N-ethyl adjacent to an activating group) is 1. The molecule has 0 saturated carbocycles. The van der Waals surface area contributed by atoms with E-state index >= 15 is 0 Å². The van der Waals surface area contributed by atoms with Gasteiger partial charge in [0.05, 0.1) is 5.69 Å². The van der Waals surface area contributed by atoms with Gasteiger partial charge in [0, 0.05) is 31.5 Å². The third kappa shape index (κ3) is 2.21. The molecule has 1 aromatic rings. The Morgan fingerprint density at radius 1 is 1.60 bits per heavy atom. The SMILES string of the molecule is CC(CN)Cc1onc2c1CN(C)CC2. The minimum absolute atomic E-state index is 0.467. The highest BCUT2D eigenvalue weighted by Gasteiger charge is 2.22. The fourth-order valence-electron chi connectivity index (χ4n) is 1.96. The molecule has 0 amide bonds. The van der Waals surface area contributed by atoms with Gasteiger partial charge in [0.2, 0.25) is 0 Å². The molecule has 1 unspecified atom stereocenters. The Labute approximate surface area is 90.4 Å². The maximum atomic E-state index is 5.62. The fraction of sp³-hybridized carbons (Fsp3) is 0.727. The van der Waals surface area contributed by atoms with Crippen molar-refractivity contribution in [1.29, 1.82) is 0 Å². The summed E-state index contributed by atoms with van der Waals surface area (Å²) in [7, 11) is 2.13. The Bertz CT molecular complexity index is 335. The van der Waals surface area contributed by atoms with E-state index in [4.69, 9.17) is 10.3 Å². The zero-order valence-corrected chi connectivity index (χ0v) is 9.49. The van der Waals surface area contributed by atoms with Gasteiger partial charge >= 0.3 is 0 Å². The molecule has 1 aliphatic rings. The minimum atomic E-state index is 0.467. The topological polar surface area (TPSA) is 55.3 Å². The van der Waals surface area contributed by atoms with Gasteiger partial charge in [-0.3, -0.25) is 0 Å². The van der Waals surface area contributed by atoms with Crippen LogP contribution >= 0.6 is 0 Å². The van der Waals surface area contributed by atoms with Crippen LogP contribution < -0.4 is 5.73 Å². The maximum absolute atomic E-state index is 5.62. The molecule has 0 aromatic carbocycles. The van der Waals surface area contributed by atoms with Crippen LogP contribution in [0.25, 0.3) is 0 Å². The first-order valence-electron chi connectivity index (χ1n) is 5.55. The second-order valence-electron chi connectivity index (χ2n) is 4.56.